The van der Waals surface area contributed by atoms with E-state index in [2.05, 4.69) is 10.3 Å². The molecule has 2 rings (SSSR count). The summed E-state index contributed by atoms with van der Waals surface area (Å²) in [6, 6.07) is 14.3. The number of nitrogens with two attached hydrogens (primary N) is 3. The van der Waals surface area contributed by atoms with Gasteiger partial charge in [0.05, 0.1) is 5.92 Å². The second kappa shape index (κ2) is 10.9. The van der Waals surface area contributed by atoms with Crippen molar-refractivity contribution in [3.63, 3.8) is 0 Å². The number of nitrogens with one attached hydrogen (secondary N) is 2. The third-order valence-electron chi connectivity index (χ3n) is 4.63. The van der Waals surface area contributed by atoms with Crippen molar-refractivity contribution < 1.29 is 9.90 Å². The van der Waals surface area contributed by atoms with Crippen LogP contribution in [0.3, 0.4) is 0 Å². The third kappa shape index (κ3) is 5.76. The summed E-state index contributed by atoms with van der Waals surface area (Å²) in [5, 5.41) is 20.3. The summed E-state index contributed by atoms with van der Waals surface area (Å²) >= 11 is 0. The summed E-state index contributed by atoms with van der Waals surface area (Å²) in [4.78, 5) is 16.9. The lowest BCUT2D eigenvalue weighted by Gasteiger charge is -2.17. The Balaban J connectivity index is 2.27. The molecule has 2 aromatic carbocycles. The Morgan fingerprint density at radius 2 is 1.97 bits per heavy atom. The standard InChI is InChI=1S/C22H28N6O2/c1-2-14(13-24)21(29)28-20(26)18-12-16(8-9-19(18)25)27-22(30)17(10-11-23)15-6-4-3-5-7-15/h2-9,12-13,17,21,24,29H,10-11,23,25H2,1H3,(H2,26,28)(H,27,30)/b14-2+,24-13?. The molecule has 0 spiro atoms. The van der Waals surface area contributed by atoms with Crippen LogP contribution in [-0.4, -0.2) is 35.8 Å². The minimum absolute atomic E-state index is 0.00105. The van der Waals surface area contributed by atoms with Crippen molar-refractivity contribution in [2.45, 2.75) is 25.5 Å². The Hall–Kier alpha value is -3.49. The number of nitrogen functional groups attached to an aromatic ring is 1. The maximum atomic E-state index is 12.9. The molecule has 0 bridgehead atoms. The highest BCUT2D eigenvalue weighted by Gasteiger charge is 2.20. The Labute approximate surface area is 176 Å². The molecule has 9 N–H and O–H groups in total. The highest BCUT2D eigenvalue weighted by molar-refractivity contribution is 6.04. The smallest absolute Gasteiger partial charge is 0.231 e. The minimum Gasteiger partial charge on any atom is -0.398 e. The molecule has 0 saturated heterocycles. The van der Waals surface area contributed by atoms with Crippen molar-refractivity contribution in [3.8, 4) is 0 Å². The molecule has 0 aliphatic rings. The van der Waals surface area contributed by atoms with E-state index in [9.17, 15) is 9.90 Å². The van der Waals surface area contributed by atoms with E-state index in [1.165, 1.54) is 0 Å². The van der Waals surface area contributed by atoms with Gasteiger partial charge < -0.3 is 33.0 Å². The van der Waals surface area contributed by atoms with Gasteiger partial charge in [-0.2, -0.15) is 0 Å². The van der Waals surface area contributed by atoms with Gasteiger partial charge in [0.1, 0.15) is 5.84 Å². The zero-order valence-electron chi connectivity index (χ0n) is 16.9. The van der Waals surface area contributed by atoms with Gasteiger partial charge in [-0.1, -0.05) is 36.4 Å². The molecule has 0 fully saturated rings. The van der Waals surface area contributed by atoms with Crippen molar-refractivity contribution in [3.05, 3.63) is 71.3 Å². The molecule has 30 heavy (non-hydrogen) atoms. The number of anilines is 2. The molecule has 0 heterocycles. The summed E-state index contributed by atoms with van der Waals surface area (Å²) in [7, 11) is 0. The first-order valence-electron chi connectivity index (χ1n) is 9.55. The molecule has 0 saturated carbocycles. The maximum absolute atomic E-state index is 12.9. The lowest BCUT2D eigenvalue weighted by molar-refractivity contribution is -0.117. The molecule has 2 aromatic rings. The normalized spacial score (nSPS) is 14.1. The molecule has 1 amide bonds. The average molecular weight is 409 g/mol. The molecule has 8 heteroatoms. The molecule has 8 nitrogen and oxygen atoms in total. The molecule has 0 radical (unpaired) electrons. The maximum Gasteiger partial charge on any atom is 0.231 e. The van der Waals surface area contributed by atoms with Crippen LogP contribution in [0.15, 0.2) is 65.2 Å². The van der Waals surface area contributed by atoms with Crippen LogP contribution in [0.5, 0.6) is 0 Å². The fourth-order valence-corrected chi connectivity index (χ4v) is 2.97. The van der Waals surface area contributed by atoms with Crippen LogP contribution in [0.2, 0.25) is 0 Å². The van der Waals surface area contributed by atoms with Gasteiger partial charge >= 0.3 is 0 Å². The number of rotatable bonds is 9. The van der Waals surface area contributed by atoms with Gasteiger partial charge in [0.15, 0.2) is 6.23 Å². The van der Waals surface area contributed by atoms with Gasteiger partial charge in [-0.25, -0.2) is 4.99 Å². The summed E-state index contributed by atoms with van der Waals surface area (Å²) in [6.07, 6.45) is 1.79. The molecular weight excluding hydrogens is 380 g/mol. The lowest BCUT2D eigenvalue weighted by Crippen LogP contribution is -2.24. The molecule has 0 aromatic heterocycles. The number of amidine groups is 1. The molecule has 2 unspecified atom stereocenters. The number of carbonyl (C=O) groups excluding carboxylic acids is 1. The predicted octanol–water partition coefficient (Wildman–Crippen LogP) is 1.96. The molecule has 0 aliphatic carbocycles. The second-order valence-corrected chi connectivity index (χ2v) is 6.65. The van der Waals surface area contributed by atoms with Crippen molar-refractivity contribution in [2.75, 3.05) is 17.6 Å². The van der Waals surface area contributed by atoms with E-state index in [0.29, 0.717) is 35.5 Å². The first-order valence-corrected chi connectivity index (χ1v) is 9.55. The van der Waals surface area contributed by atoms with Crippen LogP contribution < -0.4 is 22.5 Å². The third-order valence-corrected chi connectivity index (χ3v) is 4.63. The largest absolute Gasteiger partial charge is 0.398 e. The van der Waals surface area contributed by atoms with E-state index in [0.717, 1.165) is 11.8 Å². The first kappa shape index (κ1) is 22.8. The Kier molecular flexibility index (Phi) is 8.28. The van der Waals surface area contributed by atoms with Crippen LogP contribution in [-0.2, 0) is 4.79 Å². The van der Waals surface area contributed by atoms with E-state index in [4.69, 9.17) is 22.6 Å². The number of nitrogens with zero attached hydrogens (tertiary/aromatic N) is 1. The number of aliphatic hydroxyl groups excluding tert-OH is 1. The highest BCUT2D eigenvalue weighted by atomic mass is 16.3. The van der Waals surface area contributed by atoms with Crippen LogP contribution in [0.4, 0.5) is 11.4 Å². The topological polar surface area (TPSA) is 164 Å². The number of allylic oxidation sites excluding steroid dienone is 1. The van der Waals surface area contributed by atoms with Crippen LogP contribution in [0.25, 0.3) is 0 Å². The fraction of sp³-hybridized carbons (Fsp3) is 0.227. The summed E-state index contributed by atoms with van der Waals surface area (Å²) in [5.41, 5.74) is 20.1. The van der Waals surface area contributed by atoms with Gasteiger partial charge in [0.25, 0.3) is 0 Å². The van der Waals surface area contributed by atoms with Gasteiger partial charge in [0.2, 0.25) is 5.91 Å². The Bertz CT molecular complexity index is 940. The molecule has 2 atom stereocenters. The van der Waals surface area contributed by atoms with Crippen LogP contribution in [0, 0.1) is 5.41 Å². The zero-order valence-corrected chi connectivity index (χ0v) is 16.9. The number of amides is 1. The minimum atomic E-state index is -1.28. The van der Waals surface area contributed by atoms with E-state index in [-0.39, 0.29) is 11.7 Å². The number of carbonyl (C=O) groups is 1. The summed E-state index contributed by atoms with van der Waals surface area (Å²) < 4.78 is 0. The summed E-state index contributed by atoms with van der Waals surface area (Å²) in [5.74, 6) is -0.591. The number of benzene rings is 2. The average Bonchev–Trinajstić information content (AvgIpc) is 2.74. The van der Waals surface area contributed by atoms with E-state index >= 15 is 0 Å². The lowest BCUT2D eigenvalue weighted by atomic mass is 9.94. The van der Waals surface area contributed by atoms with Gasteiger partial charge in [-0.05, 0) is 43.7 Å². The first-order chi connectivity index (χ1) is 14.4. The van der Waals surface area contributed by atoms with Crippen molar-refractivity contribution in [1.29, 1.82) is 5.41 Å². The molecular formula is C22H28N6O2. The number of hydrogen-bond acceptors (Lipinski definition) is 6. The monoisotopic (exact) mass is 408 g/mol. The highest BCUT2D eigenvalue weighted by Crippen LogP contribution is 2.23. The molecule has 0 aliphatic heterocycles. The second-order valence-electron chi connectivity index (χ2n) is 6.65. The van der Waals surface area contributed by atoms with Crippen molar-refractivity contribution in [1.82, 2.24) is 0 Å². The number of hydrogen-bond donors (Lipinski definition) is 6. The van der Waals surface area contributed by atoms with Gasteiger partial charge in [-0.15, -0.1) is 0 Å². The predicted molar refractivity (Wildman–Crippen MR) is 122 cm³/mol. The van der Waals surface area contributed by atoms with E-state index in [1.807, 2.05) is 30.3 Å². The van der Waals surface area contributed by atoms with E-state index in [1.54, 1.807) is 31.2 Å². The van der Waals surface area contributed by atoms with Gasteiger partial charge in [-0.3, -0.25) is 4.79 Å². The van der Waals surface area contributed by atoms with Crippen LogP contribution >= 0.6 is 0 Å². The van der Waals surface area contributed by atoms with Crippen molar-refractivity contribution >= 4 is 29.3 Å². The van der Waals surface area contributed by atoms with Gasteiger partial charge in [0, 0.05) is 28.7 Å². The molecule has 158 valence electrons. The van der Waals surface area contributed by atoms with Crippen LogP contribution in [0.1, 0.15) is 30.4 Å². The van der Waals surface area contributed by atoms with E-state index < -0.39 is 12.1 Å². The zero-order chi connectivity index (χ0) is 22.1. The summed E-state index contributed by atoms with van der Waals surface area (Å²) in [6.45, 7) is 2.06. The SMILES string of the molecule is C/C=C(\C=N)C(O)/N=C(\N)c1cc(NC(=O)C(CCN)c2ccccc2)ccc1N. The number of aliphatic imine (C=N–C) groups is 1. The Morgan fingerprint density at radius 3 is 2.57 bits per heavy atom. The Morgan fingerprint density at radius 1 is 1.27 bits per heavy atom. The van der Waals surface area contributed by atoms with Crippen molar-refractivity contribution in [2.24, 2.45) is 16.5 Å². The quantitative estimate of drug-likeness (QED) is 0.212. The fourth-order valence-electron chi connectivity index (χ4n) is 2.97. The number of aliphatic hydroxyl groups is 1.